The van der Waals surface area contributed by atoms with Crippen LogP contribution in [-0.4, -0.2) is 12.6 Å². The molecule has 1 aliphatic carbocycles. The summed E-state index contributed by atoms with van der Waals surface area (Å²) in [6.07, 6.45) is 5.05. The van der Waals surface area contributed by atoms with Gasteiger partial charge in [-0.15, -0.1) is 0 Å². The molecule has 0 aromatic heterocycles. The fourth-order valence-corrected chi connectivity index (χ4v) is 2.67. The topological polar surface area (TPSA) is 12.0 Å². The van der Waals surface area contributed by atoms with Gasteiger partial charge in [0.25, 0.3) is 0 Å². The van der Waals surface area contributed by atoms with Gasteiger partial charge < -0.3 is 5.32 Å². The molecule has 1 fully saturated rings. The Morgan fingerprint density at radius 1 is 0.800 bits per heavy atom. The van der Waals surface area contributed by atoms with Crippen molar-refractivity contribution in [3.8, 4) is 0 Å². The lowest BCUT2D eigenvalue weighted by molar-refractivity contribution is 0.490. The monoisotopic (exact) mass is 265 g/mol. The van der Waals surface area contributed by atoms with Crippen LogP contribution in [0.4, 0.5) is 0 Å². The maximum atomic E-state index is 3.78. The van der Waals surface area contributed by atoms with Crippen molar-refractivity contribution in [1.29, 1.82) is 0 Å². The molecule has 0 spiro atoms. The largest absolute Gasteiger partial charge is 0.313 e. The zero-order valence-corrected chi connectivity index (χ0v) is 12.0. The van der Waals surface area contributed by atoms with Crippen LogP contribution in [0.15, 0.2) is 60.7 Å². The van der Waals surface area contributed by atoms with Gasteiger partial charge in [-0.05, 0) is 49.3 Å². The average molecular weight is 265 g/mol. The van der Waals surface area contributed by atoms with E-state index in [1.54, 1.807) is 0 Å². The number of rotatable bonds is 7. The quantitative estimate of drug-likeness (QED) is 0.802. The zero-order chi connectivity index (χ0) is 13.6. The predicted octanol–water partition coefficient (Wildman–Crippen LogP) is 3.84. The maximum absolute atomic E-state index is 3.78. The lowest BCUT2D eigenvalue weighted by atomic mass is 9.99. The molecule has 0 saturated heterocycles. The second-order valence-corrected chi connectivity index (χ2v) is 5.93. The molecule has 0 unspecified atom stereocenters. The highest BCUT2D eigenvalue weighted by Gasteiger charge is 2.22. The Morgan fingerprint density at radius 3 is 1.75 bits per heavy atom. The molecule has 1 heteroatoms. The highest BCUT2D eigenvalue weighted by molar-refractivity contribution is 5.19. The molecule has 20 heavy (non-hydrogen) atoms. The second-order valence-electron chi connectivity index (χ2n) is 5.93. The summed E-state index contributed by atoms with van der Waals surface area (Å²) >= 11 is 0. The first-order chi connectivity index (χ1) is 9.90. The van der Waals surface area contributed by atoms with Crippen LogP contribution in [-0.2, 0) is 12.8 Å². The molecule has 1 saturated carbocycles. The Morgan fingerprint density at radius 2 is 1.30 bits per heavy atom. The molecular formula is C19H23N. The molecule has 1 aliphatic rings. The fraction of sp³-hybridized carbons (Fsp3) is 0.368. The van der Waals surface area contributed by atoms with Crippen LogP contribution < -0.4 is 5.32 Å². The summed E-state index contributed by atoms with van der Waals surface area (Å²) in [5.74, 6) is 0.934. The molecular weight excluding hydrogens is 242 g/mol. The third-order valence-electron chi connectivity index (χ3n) is 4.04. The lowest BCUT2D eigenvalue weighted by Crippen LogP contribution is -2.34. The molecule has 3 rings (SSSR count). The van der Waals surface area contributed by atoms with E-state index in [2.05, 4.69) is 66.0 Å². The van der Waals surface area contributed by atoms with Crippen molar-refractivity contribution in [2.75, 3.05) is 6.54 Å². The SMILES string of the molecule is c1ccc(CC(Cc2ccccc2)NCC2CC2)cc1. The molecule has 2 aromatic carbocycles. The Bertz CT molecular complexity index is 460. The molecule has 2 aromatic rings. The zero-order valence-electron chi connectivity index (χ0n) is 12.0. The standard InChI is InChI=1S/C19H23N/c1-3-7-16(8-4-1)13-19(20-15-18-11-12-18)14-17-9-5-2-6-10-17/h1-10,18-20H,11-15H2. The molecule has 0 aliphatic heterocycles. The first kappa shape index (κ1) is 13.4. The average Bonchev–Trinajstić information content (AvgIpc) is 3.31. The van der Waals surface area contributed by atoms with Crippen LogP contribution in [0.2, 0.25) is 0 Å². The van der Waals surface area contributed by atoms with Crippen molar-refractivity contribution in [2.45, 2.75) is 31.7 Å². The van der Waals surface area contributed by atoms with E-state index in [1.807, 2.05) is 0 Å². The van der Waals surface area contributed by atoms with Crippen molar-refractivity contribution < 1.29 is 0 Å². The molecule has 1 nitrogen and oxygen atoms in total. The molecule has 104 valence electrons. The lowest BCUT2D eigenvalue weighted by Gasteiger charge is -2.19. The minimum absolute atomic E-state index is 0.542. The molecule has 0 heterocycles. The highest BCUT2D eigenvalue weighted by atomic mass is 14.9. The Labute approximate surface area is 122 Å². The van der Waals surface area contributed by atoms with Gasteiger partial charge in [0.2, 0.25) is 0 Å². The summed E-state index contributed by atoms with van der Waals surface area (Å²) in [7, 11) is 0. The van der Waals surface area contributed by atoms with E-state index in [-0.39, 0.29) is 0 Å². The van der Waals surface area contributed by atoms with Gasteiger partial charge >= 0.3 is 0 Å². The fourth-order valence-electron chi connectivity index (χ4n) is 2.67. The van der Waals surface area contributed by atoms with Crippen LogP contribution in [0.3, 0.4) is 0 Å². The summed E-state index contributed by atoms with van der Waals surface area (Å²) in [5, 5.41) is 3.78. The summed E-state index contributed by atoms with van der Waals surface area (Å²) in [6, 6.07) is 22.2. The highest BCUT2D eigenvalue weighted by Crippen LogP contribution is 2.28. The van der Waals surface area contributed by atoms with Gasteiger partial charge in [0.15, 0.2) is 0 Å². The Hall–Kier alpha value is -1.60. The van der Waals surface area contributed by atoms with Gasteiger partial charge in [-0.2, -0.15) is 0 Å². The van der Waals surface area contributed by atoms with Crippen LogP contribution in [0, 0.1) is 5.92 Å². The summed E-state index contributed by atoms with van der Waals surface area (Å²) in [4.78, 5) is 0. The van der Waals surface area contributed by atoms with E-state index >= 15 is 0 Å². The van der Waals surface area contributed by atoms with E-state index < -0.39 is 0 Å². The van der Waals surface area contributed by atoms with Gasteiger partial charge in [0.1, 0.15) is 0 Å². The predicted molar refractivity (Wildman–Crippen MR) is 84.8 cm³/mol. The van der Waals surface area contributed by atoms with Crippen molar-refractivity contribution in [2.24, 2.45) is 5.92 Å². The van der Waals surface area contributed by atoms with Crippen LogP contribution in [0.5, 0.6) is 0 Å². The van der Waals surface area contributed by atoms with Gasteiger partial charge in [-0.3, -0.25) is 0 Å². The van der Waals surface area contributed by atoms with E-state index in [9.17, 15) is 0 Å². The molecule has 0 atom stereocenters. The first-order valence-corrected chi connectivity index (χ1v) is 7.71. The minimum Gasteiger partial charge on any atom is -0.313 e. The Balaban J connectivity index is 1.63. The summed E-state index contributed by atoms with van der Waals surface area (Å²) in [5.41, 5.74) is 2.86. The normalized spacial score (nSPS) is 14.7. The second kappa shape index (κ2) is 6.71. The molecule has 0 amide bonds. The minimum atomic E-state index is 0.542. The summed E-state index contributed by atoms with van der Waals surface area (Å²) < 4.78 is 0. The van der Waals surface area contributed by atoms with E-state index in [1.165, 1.54) is 30.5 Å². The summed E-state index contributed by atoms with van der Waals surface area (Å²) in [6.45, 7) is 1.18. The van der Waals surface area contributed by atoms with Crippen molar-refractivity contribution in [1.82, 2.24) is 5.32 Å². The number of nitrogens with one attached hydrogen (secondary N) is 1. The number of hydrogen-bond donors (Lipinski definition) is 1. The first-order valence-electron chi connectivity index (χ1n) is 7.71. The van der Waals surface area contributed by atoms with Crippen LogP contribution in [0.25, 0.3) is 0 Å². The maximum Gasteiger partial charge on any atom is 0.0148 e. The van der Waals surface area contributed by atoms with Crippen LogP contribution in [0.1, 0.15) is 24.0 Å². The van der Waals surface area contributed by atoms with E-state index in [0.29, 0.717) is 6.04 Å². The molecule has 0 bridgehead atoms. The van der Waals surface area contributed by atoms with E-state index in [0.717, 1.165) is 18.8 Å². The molecule has 1 N–H and O–H groups in total. The third kappa shape index (κ3) is 4.21. The number of benzene rings is 2. The van der Waals surface area contributed by atoms with Gasteiger partial charge in [-0.1, -0.05) is 60.7 Å². The van der Waals surface area contributed by atoms with Gasteiger partial charge in [0.05, 0.1) is 0 Å². The smallest absolute Gasteiger partial charge is 0.0148 e. The van der Waals surface area contributed by atoms with Crippen molar-refractivity contribution >= 4 is 0 Å². The number of hydrogen-bond acceptors (Lipinski definition) is 1. The van der Waals surface area contributed by atoms with Crippen molar-refractivity contribution in [3.05, 3.63) is 71.8 Å². The van der Waals surface area contributed by atoms with E-state index in [4.69, 9.17) is 0 Å². The third-order valence-corrected chi connectivity index (χ3v) is 4.04. The molecule has 0 radical (unpaired) electrons. The van der Waals surface area contributed by atoms with Crippen LogP contribution >= 0.6 is 0 Å². The van der Waals surface area contributed by atoms with Crippen molar-refractivity contribution in [3.63, 3.8) is 0 Å². The Kier molecular flexibility index (Phi) is 4.49. The van der Waals surface area contributed by atoms with Gasteiger partial charge in [-0.25, -0.2) is 0 Å². The van der Waals surface area contributed by atoms with Gasteiger partial charge in [0, 0.05) is 6.04 Å².